The van der Waals surface area contributed by atoms with Gasteiger partial charge in [0.05, 0.1) is 9.82 Å². The molecule has 0 aromatic heterocycles. The smallest absolute Gasteiger partial charge is 0.293 e. The summed E-state index contributed by atoms with van der Waals surface area (Å²) in [5, 5.41) is 14.3. The summed E-state index contributed by atoms with van der Waals surface area (Å²) >= 11 is 1.82. The van der Waals surface area contributed by atoms with Gasteiger partial charge in [0.1, 0.15) is 5.69 Å². The Hall–Kier alpha value is -1.28. The summed E-state index contributed by atoms with van der Waals surface area (Å²) in [7, 11) is -3.45. The van der Waals surface area contributed by atoms with E-state index in [9.17, 15) is 18.5 Å². The number of nitrogens with one attached hydrogen (secondary N) is 1. The molecule has 1 saturated heterocycles. The number of thioether (sulfide) groups is 1. The highest BCUT2D eigenvalue weighted by Gasteiger charge is 2.21. The Morgan fingerprint density at radius 2 is 2.20 bits per heavy atom. The molecular formula is C12H16N2O4S2. The Morgan fingerprint density at radius 3 is 2.75 bits per heavy atom. The quantitative estimate of drug-likeness (QED) is 0.677. The van der Waals surface area contributed by atoms with E-state index < -0.39 is 14.8 Å². The summed E-state index contributed by atoms with van der Waals surface area (Å²) in [4.78, 5) is 10.5. The van der Waals surface area contributed by atoms with Gasteiger partial charge in [0.25, 0.3) is 5.69 Å². The molecule has 110 valence electrons. The first kappa shape index (κ1) is 15.1. The van der Waals surface area contributed by atoms with E-state index in [1.807, 2.05) is 11.8 Å². The molecule has 0 bridgehead atoms. The van der Waals surface area contributed by atoms with E-state index >= 15 is 0 Å². The van der Waals surface area contributed by atoms with Crippen LogP contribution in [-0.2, 0) is 9.84 Å². The van der Waals surface area contributed by atoms with E-state index in [2.05, 4.69) is 5.32 Å². The average Bonchev–Trinajstić information content (AvgIpc) is 2.38. The van der Waals surface area contributed by atoms with Gasteiger partial charge >= 0.3 is 0 Å². The fraction of sp³-hybridized carbons (Fsp3) is 0.500. The van der Waals surface area contributed by atoms with Crippen LogP contribution < -0.4 is 5.32 Å². The monoisotopic (exact) mass is 316 g/mol. The van der Waals surface area contributed by atoms with Crippen molar-refractivity contribution in [2.24, 2.45) is 0 Å². The second-order valence-electron chi connectivity index (χ2n) is 4.77. The minimum atomic E-state index is -3.45. The van der Waals surface area contributed by atoms with Crippen LogP contribution in [0.3, 0.4) is 0 Å². The van der Waals surface area contributed by atoms with Gasteiger partial charge < -0.3 is 5.32 Å². The zero-order valence-corrected chi connectivity index (χ0v) is 12.7. The standard InChI is InChI=1S/C12H16N2O4S2/c1-20(17,18)10-4-5-11(12(7-10)14(15)16)13-9-3-2-6-19-8-9/h4-5,7,9,13H,2-3,6,8H2,1H3. The van der Waals surface area contributed by atoms with E-state index in [4.69, 9.17) is 0 Å². The van der Waals surface area contributed by atoms with Crippen LogP contribution in [0.4, 0.5) is 11.4 Å². The summed E-state index contributed by atoms with van der Waals surface area (Å²) < 4.78 is 22.9. The molecule has 0 spiro atoms. The molecule has 6 nitrogen and oxygen atoms in total. The third-order valence-electron chi connectivity index (χ3n) is 3.11. The zero-order valence-electron chi connectivity index (χ0n) is 11.0. The van der Waals surface area contributed by atoms with Crippen molar-refractivity contribution < 1.29 is 13.3 Å². The first-order valence-electron chi connectivity index (χ1n) is 6.21. The maximum atomic E-state index is 11.5. The van der Waals surface area contributed by atoms with E-state index in [-0.39, 0.29) is 16.6 Å². The third kappa shape index (κ3) is 3.63. The molecule has 1 atom stereocenters. The van der Waals surface area contributed by atoms with E-state index in [1.54, 1.807) is 0 Å². The van der Waals surface area contributed by atoms with Crippen molar-refractivity contribution in [1.29, 1.82) is 0 Å². The molecule has 1 aliphatic rings. The number of sulfone groups is 1. The lowest BCUT2D eigenvalue weighted by Gasteiger charge is -2.23. The van der Waals surface area contributed by atoms with Gasteiger partial charge in [-0.05, 0) is 30.7 Å². The lowest BCUT2D eigenvalue weighted by atomic mass is 10.1. The molecular weight excluding hydrogens is 300 g/mol. The van der Waals surface area contributed by atoms with Gasteiger partial charge in [-0.15, -0.1) is 0 Å². The molecule has 0 amide bonds. The maximum Gasteiger partial charge on any atom is 0.293 e. The number of rotatable bonds is 4. The van der Waals surface area contributed by atoms with Crippen LogP contribution >= 0.6 is 11.8 Å². The SMILES string of the molecule is CS(=O)(=O)c1ccc(NC2CCCSC2)c([N+](=O)[O-])c1. The molecule has 1 unspecified atom stereocenters. The fourth-order valence-corrected chi connectivity index (χ4v) is 3.80. The van der Waals surface area contributed by atoms with Crippen LogP contribution in [0, 0.1) is 10.1 Å². The molecule has 0 aliphatic carbocycles. The third-order valence-corrected chi connectivity index (χ3v) is 5.44. The van der Waals surface area contributed by atoms with Gasteiger partial charge in [-0.25, -0.2) is 8.42 Å². The highest BCUT2D eigenvalue weighted by molar-refractivity contribution is 7.99. The average molecular weight is 316 g/mol. The zero-order chi connectivity index (χ0) is 14.8. The fourth-order valence-electron chi connectivity index (χ4n) is 2.09. The molecule has 1 aromatic rings. The predicted molar refractivity (Wildman–Crippen MR) is 80.2 cm³/mol. The van der Waals surface area contributed by atoms with Crippen molar-refractivity contribution in [3.8, 4) is 0 Å². The van der Waals surface area contributed by atoms with Gasteiger partial charge in [-0.2, -0.15) is 11.8 Å². The largest absolute Gasteiger partial charge is 0.376 e. The normalized spacial score (nSPS) is 19.6. The number of hydrogen-bond acceptors (Lipinski definition) is 6. The van der Waals surface area contributed by atoms with Gasteiger partial charge in [-0.1, -0.05) is 0 Å². The lowest BCUT2D eigenvalue weighted by Crippen LogP contribution is -2.26. The Bertz CT molecular complexity index is 610. The molecule has 1 N–H and O–H groups in total. The molecule has 1 heterocycles. The Balaban J connectivity index is 2.30. The number of hydrogen-bond donors (Lipinski definition) is 1. The van der Waals surface area contributed by atoms with Crippen molar-refractivity contribution in [1.82, 2.24) is 0 Å². The molecule has 8 heteroatoms. The van der Waals surface area contributed by atoms with Gasteiger partial charge in [0.15, 0.2) is 9.84 Å². The summed E-state index contributed by atoms with van der Waals surface area (Å²) in [5.74, 6) is 2.03. The molecule has 2 rings (SSSR count). The van der Waals surface area contributed by atoms with Crippen LogP contribution in [0.15, 0.2) is 23.1 Å². The first-order chi connectivity index (χ1) is 9.38. The second-order valence-corrected chi connectivity index (χ2v) is 7.93. The van der Waals surface area contributed by atoms with Crippen LogP contribution in [0.5, 0.6) is 0 Å². The first-order valence-corrected chi connectivity index (χ1v) is 9.25. The summed E-state index contributed by atoms with van der Waals surface area (Å²) in [6.07, 6.45) is 3.09. The molecule has 20 heavy (non-hydrogen) atoms. The Labute approximate surface area is 122 Å². The second kappa shape index (κ2) is 6.01. The number of nitro benzene ring substituents is 1. The van der Waals surface area contributed by atoms with Crippen molar-refractivity contribution in [3.05, 3.63) is 28.3 Å². The molecule has 1 aromatic carbocycles. The number of nitro groups is 1. The van der Waals surface area contributed by atoms with E-state index in [1.165, 1.54) is 12.1 Å². The molecule has 1 aliphatic heterocycles. The molecule has 1 fully saturated rings. The highest BCUT2D eigenvalue weighted by Crippen LogP contribution is 2.30. The van der Waals surface area contributed by atoms with E-state index in [0.717, 1.165) is 36.7 Å². The number of benzene rings is 1. The number of anilines is 1. The van der Waals surface area contributed by atoms with Gasteiger partial charge in [-0.3, -0.25) is 10.1 Å². The van der Waals surface area contributed by atoms with Crippen LogP contribution in [0.1, 0.15) is 12.8 Å². The van der Waals surface area contributed by atoms with Crippen LogP contribution in [0.25, 0.3) is 0 Å². The minimum absolute atomic E-state index is 0.0345. The van der Waals surface area contributed by atoms with E-state index in [0.29, 0.717) is 5.69 Å². The molecule has 0 radical (unpaired) electrons. The Morgan fingerprint density at radius 1 is 1.45 bits per heavy atom. The van der Waals surface area contributed by atoms with Crippen molar-refractivity contribution in [2.75, 3.05) is 23.1 Å². The van der Waals surface area contributed by atoms with Crippen molar-refractivity contribution >= 4 is 33.0 Å². The van der Waals surface area contributed by atoms with Crippen molar-refractivity contribution in [2.45, 2.75) is 23.8 Å². The topological polar surface area (TPSA) is 89.3 Å². The maximum absolute atomic E-state index is 11.5. The van der Waals surface area contributed by atoms with Gasteiger partial charge in [0.2, 0.25) is 0 Å². The van der Waals surface area contributed by atoms with Crippen molar-refractivity contribution in [3.63, 3.8) is 0 Å². The van der Waals surface area contributed by atoms with Crippen LogP contribution in [0.2, 0.25) is 0 Å². The summed E-state index contributed by atoms with van der Waals surface area (Å²) in [5.41, 5.74) is 0.193. The summed E-state index contributed by atoms with van der Waals surface area (Å²) in [6.45, 7) is 0. The predicted octanol–water partition coefficient (Wildman–Crippen LogP) is 2.31. The molecule has 0 saturated carbocycles. The Kier molecular flexibility index (Phi) is 4.54. The van der Waals surface area contributed by atoms with Crippen LogP contribution in [-0.4, -0.2) is 37.1 Å². The number of nitrogens with zero attached hydrogens (tertiary/aromatic N) is 1. The highest BCUT2D eigenvalue weighted by atomic mass is 32.2. The van der Waals surface area contributed by atoms with Gasteiger partial charge in [0, 0.05) is 24.1 Å². The minimum Gasteiger partial charge on any atom is -0.376 e. The summed E-state index contributed by atoms with van der Waals surface area (Å²) in [6, 6.07) is 4.19. The lowest BCUT2D eigenvalue weighted by molar-refractivity contribution is -0.384.